The minimum Gasteiger partial charge on any atom is -0.462 e. The number of hydrazone groups is 1. The van der Waals surface area contributed by atoms with Crippen LogP contribution in [0.2, 0.25) is 0 Å². The molecule has 0 saturated carbocycles. The SMILES string of the molecule is CCOC(=O)c1c[nH]c(/C=C2/C(=O)NN=C2c2cnccn2)c1-c1ccccc1. The fourth-order valence-corrected chi connectivity index (χ4v) is 3.07. The molecule has 29 heavy (non-hydrogen) atoms. The van der Waals surface area contributed by atoms with Gasteiger partial charge >= 0.3 is 5.97 Å². The molecular weight excluding hydrogens is 370 g/mol. The van der Waals surface area contributed by atoms with Gasteiger partial charge in [-0.2, -0.15) is 5.10 Å². The van der Waals surface area contributed by atoms with Crippen LogP contribution in [0.1, 0.15) is 28.7 Å². The van der Waals surface area contributed by atoms with Crippen LogP contribution in [0.15, 0.2) is 65.8 Å². The molecule has 0 spiro atoms. The lowest BCUT2D eigenvalue weighted by atomic mass is 9.99. The Morgan fingerprint density at radius 2 is 2.03 bits per heavy atom. The van der Waals surface area contributed by atoms with Crippen LogP contribution >= 0.6 is 0 Å². The van der Waals surface area contributed by atoms with E-state index in [1.165, 1.54) is 12.4 Å². The molecule has 1 aliphatic heterocycles. The van der Waals surface area contributed by atoms with Crippen LogP contribution in [0, 0.1) is 0 Å². The van der Waals surface area contributed by atoms with Crippen molar-refractivity contribution < 1.29 is 14.3 Å². The van der Waals surface area contributed by atoms with E-state index in [0.29, 0.717) is 33.8 Å². The Morgan fingerprint density at radius 1 is 1.21 bits per heavy atom. The highest BCUT2D eigenvalue weighted by molar-refractivity contribution is 6.32. The number of H-pyrrole nitrogens is 1. The summed E-state index contributed by atoms with van der Waals surface area (Å²) >= 11 is 0. The van der Waals surface area contributed by atoms with Crippen molar-refractivity contribution in [1.29, 1.82) is 0 Å². The molecule has 0 saturated heterocycles. The largest absolute Gasteiger partial charge is 0.462 e. The Balaban J connectivity index is 1.84. The molecule has 2 N–H and O–H groups in total. The quantitative estimate of drug-likeness (QED) is 0.517. The number of carbonyl (C=O) groups excluding carboxylic acids is 2. The van der Waals surface area contributed by atoms with Gasteiger partial charge in [0.2, 0.25) is 0 Å². The van der Waals surface area contributed by atoms with E-state index in [-0.39, 0.29) is 12.5 Å². The van der Waals surface area contributed by atoms with E-state index in [2.05, 4.69) is 25.5 Å². The zero-order chi connectivity index (χ0) is 20.2. The molecule has 144 valence electrons. The van der Waals surface area contributed by atoms with Gasteiger partial charge < -0.3 is 9.72 Å². The van der Waals surface area contributed by atoms with Gasteiger partial charge in [-0.15, -0.1) is 0 Å². The maximum absolute atomic E-state index is 12.5. The summed E-state index contributed by atoms with van der Waals surface area (Å²) in [5.41, 5.74) is 6.07. The third-order valence-electron chi connectivity index (χ3n) is 4.33. The van der Waals surface area contributed by atoms with Crippen LogP contribution in [0.4, 0.5) is 0 Å². The van der Waals surface area contributed by atoms with Crippen molar-refractivity contribution in [3.05, 3.63) is 77.6 Å². The van der Waals surface area contributed by atoms with E-state index in [9.17, 15) is 9.59 Å². The monoisotopic (exact) mass is 387 g/mol. The zero-order valence-corrected chi connectivity index (χ0v) is 15.5. The van der Waals surface area contributed by atoms with E-state index in [0.717, 1.165) is 5.56 Å². The smallest absolute Gasteiger partial charge is 0.340 e. The number of nitrogens with zero attached hydrogens (tertiary/aromatic N) is 3. The number of nitrogens with one attached hydrogen (secondary N) is 2. The average Bonchev–Trinajstić information content (AvgIpc) is 3.34. The molecule has 8 nitrogen and oxygen atoms in total. The van der Waals surface area contributed by atoms with Crippen molar-refractivity contribution in [3.8, 4) is 11.1 Å². The van der Waals surface area contributed by atoms with Crippen LogP contribution in [-0.4, -0.2) is 39.1 Å². The third-order valence-corrected chi connectivity index (χ3v) is 4.33. The first-order valence-electron chi connectivity index (χ1n) is 8.99. The summed E-state index contributed by atoms with van der Waals surface area (Å²) in [6, 6.07) is 9.42. The number of aromatic amines is 1. The molecule has 8 heteroatoms. The van der Waals surface area contributed by atoms with Gasteiger partial charge in [0.05, 0.1) is 23.9 Å². The highest BCUT2D eigenvalue weighted by Crippen LogP contribution is 2.30. The van der Waals surface area contributed by atoms with Gasteiger partial charge in [0.25, 0.3) is 5.91 Å². The summed E-state index contributed by atoms with van der Waals surface area (Å²) in [7, 11) is 0. The lowest BCUT2D eigenvalue weighted by molar-refractivity contribution is -0.116. The second kappa shape index (κ2) is 7.89. The number of hydrogen-bond acceptors (Lipinski definition) is 6. The Morgan fingerprint density at radius 3 is 2.76 bits per heavy atom. The Kier molecular flexibility index (Phi) is 4.98. The van der Waals surface area contributed by atoms with Crippen molar-refractivity contribution >= 4 is 23.7 Å². The number of esters is 1. The lowest BCUT2D eigenvalue weighted by Crippen LogP contribution is -2.14. The molecule has 0 aliphatic carbocycles. The summed E-state index contributed by atoms with van der Waals surface area (Å²) in [5, 5.41) is 4.08. The fraction of sp³-hybridized carbons (Fsp3) is 0.0952. The van der Waals surface area contributed by atoms with E-state index in [1.54, 1.807) is 25.4 Å². The maximum Gasteiger partial charge on any atom is 0.340 e. The van der Waals surface area contributed by atoms with Crippen LogP contribution in [0.5, 0.6) is 0 Å². The van der Waals surface area contributed by atoms with Gasteiger partial charge in [-0.3, -0.25) is 14.8 Å². The van der Waals surface area contributed by atoms with Gasteiger partial charge in [-0.05, 0) is 18.6 Å². The third kappa shape index (κ3) is 3.55. The molecule has 0 bridgehead atoms. The van der Waals surface area contributed by atoms with Crippen molar-refractivity contribution in [2.45, 2.75) is 6.92 Å². The molecule has 1 amide bonds. The van der Waals surface area contributed by atoms with Crippen LogP contribution in [0.25, 0.3) is 17.2 Å². The normalized spacial score (nSPS) is 14.6. The average molecular weight is 387 g/mol. The summed E-state index contributed by atoms with van der Waals surface area (Å²) in [6.07, 6.45) is 7.84. The van der Waals surface area contributed by atoms with Gasteiger partial charge in [0, 0.05) is 29.8 Å². The first-order chi connectivity index (χ1) is 14.2. The summed E-state index contributed by atoms with van der Waals surface area (Å²) in [6.45, 7) is 2.02. The van der Waals surface area contributed by atoms with E-state index in [4.69, 9.17) is 4.74 Å². The maximum atomic E-state index is 12.5. The minimum absolute atomic E-state index is 0.264. The Hall–Kier alpha value is -4.07. The first-order valence-corrected chi connectivity index (χ1v) is 8.99. The molecule has 0 fully saturated rings. The van der Waals surface area contributed by atoms with Gasteiger partial charge in [-0.1, -0.05) is 30.3 Å². The van der Waals surface area contributed by atoms with Crippen molar-refractivity contribution in [1.82, 2.24) is 20.4 Å². The molecule has 4 rings (SSSR count). The summed E-state index contributed by atoms with van der Waals surface area (Å²) in [5.74, 6) is -0.803. The second-order valence-corrected chi connectivity index (χ2v) is 6.13. The summed E-state index contributed by atoms with van der Waals surface area (Å²) < 4.78 is 5.18. The Bertz CT molecular complexity index is 1120. The first kappa shape index (κ1) is 18.3. The van der Waals surface area contributed by atoms with Gasteiger partial charge in [0.15, 0.2) is 0 Å². The molecule has 2 aromatic heterocycles. The Labute approximate surface area is 166 Å². The highest BCUT2D eigenvalue weighted by atomic mass is 16.5. The molecule has 3 aromatic rings. The van der Waals surface area contributed by atoms with E-state index in [1.807, 2.05) is 30.3 Å². The van der Waals surface area contributed by atoms with Crippen molar-refractivity contribution in [2.75, 3.05) is 6.61 Å². The topological polar surface area (TPSA) is 109 Å². The lowest BCUT2D eigenvalue weighted by Gasteiger charge is -2.07. The molecule has 0 radical (unpaired) electrons. The molecule has 0 unspecified atom stereocenters. The van der Waals surface area contributed by atoms with Gasteiger partial charge in [-0.25, -0.2) is 10.2 Å². The molecule has 1 aliphatic rings. The van der Waals surface area contributed by atoms with E-state index < -0.39 is 5.97 Å². The number of benzene rings is 1. The van der Waals surface area contributed by atoms with Crippen molar-refractivity contribution in [3.63, 3.8) is 0 Å². The molecule has 3 heterocycles. The minimum atomic E-state index is -0.439. The predicted octanol–water partition coefficient (Wildman–Crippen LogP) is 2.57. The van der Waals surface area contributed by atoms with Crippen molar-refractivity contribution in [2.24, 2.45) is 5.10 Å². The molecule has 1 aromatic carbocycles. The zero-order valence-electron chi connectivity index (χ0n) is 15.5. The van der Waals surface area contributed by atoms with Crippen LogP contribution in [-0.2, 0) is 9.53 Å². The summed E-state index contributed by atoms with van der Waals surface area (Å²) in [4.78, 5) is 36.2. The standard InChI is InChI=1S/C21H17N5O3/c1-2-29-21(28)15-11-24-16(18(15)13-6-4-3-5-7-13)10-14-19(25-26-20(14)27)17-12-22-8-9-23-17/h3-12,24H,2H2,1H3,(H,26,27)/b14-10+. The predicted molar refractivity (Wildman–Crippen MR) is 107 cm³/mol. The van der Waals surface area contributed by atoms with E-state index >= 15 is 0 Å². The van der Waals surface area contributed by atoms with Gasteiger partial charge in [0.1, 0.15) is 11.4 Å². The van der Waals surface area contributed by atoms with Crippen LogP contribution in [0.3, 0.4) is 0 Å². The molecule has 0 atom stereocenters. The highest BCUT2D eigenvalue weighted by Gasteiger charge is 2.27. The second-order valence-electron chi connectivity index (χ2n) is 6.13. The van der Waals surface area contributed by atoms with Crippen LogP contribution < -0.4 is 5.43 Å². The fourth-order valence-electron chi connectivity index (χ4n) is 3.07. The number of hydrogen-bond donors (Lipinski definition) is 2. The molecular formula is C21H17N5O3. The number of ether oxygens (including phenoxy) is 1. The number of carbonyl (C=O) groups is 2. The number of rotatable bonds is 5. The number of amides is 1. The number of aromatic nitrogens is 3.